The molecule has 0 aliphatic heterocycles. The lowest BCUT2D eigenvalue weighted by Gasteiger charge is -2.13. The van der Waals surface area contributed by atoms with Crippen molar-refractivity contribution in [2.45, 2.75) is 46.3 Å². The van der Waals surface area contributed by atoms with E-state index in [1.807, 2.05) is 31.4 Å². The summed E-state index contributed by atoms with van der Waals surface area (Å²) in [5.74, 6) is 1.08. The zero-order valence-electron chi connectivity index (χ0n) is 20.3. The maximum atomic E-state index is 14.4. The minimum absolute atomic E-state index is 0.0887. The fourth-order valence-corrected chi connectivity index (χ4v) is 4.37. The molecule has 9 nitrogen and oxygen atoms in total. The van der Waals surface area contributed by atoms with Crippen LogP contribution in [0.25, 0.3) is 17.3 Å². The molecule has 3 aromatic heterocycles. The molecule has 4 aromatic rings. The van der Waals surface area contributed by atoms with Crippen LogP contribution in [-0.2, 0) is 11.3 Å². The molecule has 1 aromatic carbocycles. The van der Waals surface area contributed by atoms with Gasteiger partial charge in [-0.2, -0.15) is 9.78 Å². The maximum absolute atomic E-state index is 14.4. The van der Waals surface area contributed by atoms with Crippen LogP contribution in [-0.4, -0.2) is 46.2 Å². The number of nitrogens with one attached hydrogen (secondary N) is 1. The molecular weight excluding hydrogens is 467 g/mol. The number of amides is 1. The molecule has 0 saturated carbocycles. The molecule has 1 amide bonds. The number of thioether (sulfide) groups is 1. The van der Waals surface area contributed by atoms with Gasteiger partial charge in [-0.3, -0.25) is 4.79 Å². The van der Waals surface area contributed by atoms with Gasteiger partial charge in [-0.25, -0.2) is 14.4 Å². The van der Waals surface area contributed by atoms with E-state index in [0.29, 0.717) is 34.9 Å². The Morgan fingerprint density at radius 2 is 1.77 bits per heavy atom. The number of nitrogens with zero attached hydrogens (tertiary/aromatic N) is 7. The van der Waals surface area contributed by atoms with Gasteiger partial charge in [-0.05, 0) is 44.9 Å². The van der Waals surface area contributed by atoms with E-state index in [4.69, 9.17) is 0 Å². The Kier molecular flexibility index (Phi) is 7.25. The average Bonchev–Trinajstić information content (AvgIpc) is 3.34. The molecule has 0 aliphatic rings. The topological polar surface area (TPSA) is 103 Å². The zero-order valence-corrected chi connectivity index (χ0v) is 21.1. The first-order valence-corrected chi connectivity index (χ1v) is 12.2. The van der Waals surface area contributed by atoms with E-state index in [1.54, 1.807) is 24.3 Å². The van der Waals surface area contributed by atoms with Gasteiger partial charge < -0.3 is 9.88 Å². The minimum atomic E-state index is -0.364. The Labute approximate surface area is 207 Å². The summed E-state index contributed by atoms with van der Waals surface area (Å²) >= 11 is 1.25. The van der Waals surface area contributed by atoms with E-state index in [1.165, 1.54) is 22.5 Å². The second kappa shape index (κ2) is 10.3. The zero-order chi connectivity index (χ0) is 25.1. The van der Waals surface area contributed by atoms with Crippen LogP contribution < -0.4 is 5.32 Å². The minimum Gasteiger partial charge on any atom is -0.310 e. The van der Waals surface area contributed by atoms with Crippen molar-refractivity contribution in [3.05, 3.63) is 59.3 Å². The Bertz CT molecular complexity index is 1340. The number of benzene rings is 1. The number of aromatic nitrogens is 7. The fraction of sp³-hybridized carbons (Fsp3) is 0.333. The molecule has 11 heteroatoms. The molecule has 0 atom stereocenters. The van der Waals surface area contributed by atoms with Crippen LogP contribution in [0.3, 0.4) is 0 Å². The van der Waals surface area contributed by atoms with Crippen LogP contribution in [0.15, 0.2) is 41.6 Å². The average molecular weight is 495 g/mol. The van der Waals surface area contributed by atoms with Gasteiger partial charge in [0.25, 0.3) is 5.95 Å². The third kappa shape index (κ3) is 5.73. The highest BCUT2D eigenvalue weighted by atomic mass is 32.2. The van der Waals surface area contributed by atoms with Crippen molar-refractivity contribution in [2.75, 3.05) is 11.1 Å². The molecule has 182 valence electrons. The van der Waals surface area contributed by atoms with Gasteiger partial charge in [0.05, 0.1) is 17.0 Å². The predicted molar refractivity (Wildman–Crippen MR) is 133 cm³/mol. The number of hydrogen-bond donors (Lipinski definition) is 1. The first-order valence-electron chi connectivity index (χ1n) is 11.2. The Hall–Kier alpha value is -3.60. The molecule has 3 heterocycles. The summed E-state index contributed by atoms with van der Waals surface area (Å²) in [5, 5.41) is 16.3. The van der Waals surface area contributed by atoms with Crippen LogP contribution in [0.2, 0.25) is 0 Å². The normalized spacial score (nSPS) is 11.3. The van der Waals surface area contributed by atoms with Gasteiger partial charge in [0.1, 0.15) is 11.6 Å². The highest BCUT2D eigenvalue weighted by Crippen LogP contribution is 2.27. The summed E-state index contributed by atoms with van der Waals surface area (Å²) in [4.78, 5) is 21.7. The number of halogens is 1. The lowest BCUT2D eigenvalue weighted by atomic mass is 10.2. The van der Waals surface area contributed by atoms with Crippen molar-refractivity contribution < 1.29 is 9.18 Å². The van der Waals surface area contributed by atoms with E-state index < -0.39 is 0 Å². The molecule has 0 radical (unpaired) electrons. The van der Waals surface area contributed by atoms with Crippen LogP contribution >= 0.6 is 11.8 Å². The molecule has 0 aliphatic carbocycles. The van der Waals surface area contributed by atoms with E-state index in [2.05, 4.69) is 44.4 Å². The number of rotatable bonds is 8. The van der Waals surface area contributed by atoms with Gasteiger partial charge >= 0.3 is 0 Å². The first-order chi connectivity index (χ1) is 16.7. The van der Waals surface area contributed by atoms with Crippen LogP contribution in [0, 0.1) is 32.5 Å². The van der Waals surface area contributed by atoms with Gasteiger partial charge in [-0.15, -0.1) is 10.2 Å². The molecule has 0 unspecified atom stereocenters. The van der Waals surface area contributed by atoms with E-state index in [-0.39, 0.29) is 23.4 Å². The Morgan fingerprint density at radius 1 is 1.06 bits per heavy atom. The highest BCUT2D eigenvalue weighted by molar-refractivity contribution is 7.99. The fourth-order valence-electron chi connectivity index (χ4n) is 3.62. The molecule has 0 bridgehead atoms. The van der Waals surface area contributed by atoms with Crippen molar-refractivity contribution >= 4 is 23.5 Å². The summed E-state index contributed by atoms with van der Waals surface area (Å²) in [6.45, 7) is 10.3. The summed E-state index contributed by atoms with van der Waals surface area (Å²) in [5.41, 5.74) is 2.72. The smallest absolute Gasteiger partial charge is 0.252 e. The van der Waals surface area contributed by atoms with Crippen LogP contribution in [0.4, 0.5) is 10.2 Å². The Morgan fingerprint density at radius 3 is 2.46 bits per heavy atom. The molecule has 0 spiro atoms. The highest BCUT2D eigenvalue weighted by Gasteiger charge is 2.20. The number of carbonyl (C=O) groups excluding carboxylic acids is 1. The van der Waals surface area contributed by atoms with Crippen molar-refractivity contribution in [1.29, 1.82) is 0 Å². The first kappa shape index (κ1) is 24.5. The van der Waals surface area contributed by atoms with Crippen molar-refractivity contribution in [3.8, 4) is 17.3 Å². The molecule has 4 rings (SSSR count). The summed E-state index contributed by atoms with van der Waals surface area (Å²) in [7, 11) is 0. The van der Waals surface area contributed by atoms with Gasteiger partial charge in [0.2, 0.25) is 5.91 Å². The van der Waals surface area contributed by atoms with Gasteiger partial charge in [0.15, 0.2) is 11.0 Å². The summed E-state index contributed by atoms with van der Waals surface area (Å²) in [6.07, 6.45) is 0. The second-order valence-electron chi connectivity index (χ2n) is 8.66. The van der Waals surface area contributed by atoms with Crippen molar-refractivity contribution in [2.24, 2.45) is 5.92 Å². The molecule has 0 fully saturated rings. The monoisotopic (exact) mass is 494 g/mol. The molecular formula is C24H27FN8OS. The molecule has 35 heavy (non-hydrogen) atoms. The van der Waals surface area contributed by atoms with Crippen LogP contribution in [0.5, 0.6) is 0 Å². The number of carbonyl (C=O) groups is 1. The largest absolute Gasteiger partial charge is 0.310 e. The lowest BCUT2D eigenvalue weighted by molar-refractivity contribution is -0.113. The van der Waals surface area contributed by atoms with E-state index >= 15 is 0 Å². The van der Waals surface area contributed by atoms with E-state index in [0.717, 1.165) is 17.1 Å². The SMILES string of the molecule is Cc1cc(C)nc(-n2nc(C)cc2NC(=O)CSc2nnc(-c3ccccc3F)n2CC(C)C)n1. The second-order valence-corrected chi connectivity index (χ2v) is 9.60. The van der Waals surface area contributed by atoms with Gasteiger partial charge in [-0.1, -0.05) is 37.7 Å². The third-order valence-corrected chi connectivity index (χ3v) is 5.94. The quantitative estimate of drug-likeness (QED) is 0.363. The standard InChI is InChI=1S/C24H27FN8OS/c1-14(2)12-32-22(18-8-6-7-9-19(18)25)29-30-24(32)35-13-21(34)28-20-11-17(5)31-33(20)23-26-15(3)10-16(4)27-23/h6-11,14H,12-13H2,1-5H3,(H,28,34). The lowest BCUT2D eigenvalue weighted by Crippen LogP contribution is -2.18. The molecule has 0 saturated heterocycles. The third-order valence-electron chi connectivity index (χ3n) is 4.97. The number of aryl methyl sites for hydroxylation is 3. The Balaban J connectivity index is 1.53. The maximum Gasteiger partial charge on any atom is 0.252 e. The van der Waals surface area contributed by atoms with Gasteiger partial charge in [0, 0.05) is 24.0 Å². The number of hydrogen-bond acceptors (Lipinski definition) is 7. The summed E-state index contributed by atoms with van der Waals surface area (Å²) < 4.78 is 17.8. The van der Waals surface area contributed by atoms with Crippen molar-refractivity contribution in [1.82, 2.24) is 34.5 Å². The number of anilines is 1. The van der Waals surface area contributed by atoms with Crippen LogP contribution in [0.1, 0.15) is 30.9 Å². The summed E-state index contributed by atoms with van der Waals surface area (Å²) in [6, 6.07) is 10.1. The molecule has 1 N–H and O–H groups in total. The predicted octanol–water partition coefficient (Wildman–Crippen LogP) is 4.37. The van der Waals surface area contributed by atoms with Crippen molar-refractivity contribution in [3.63, 3.8) is 0 Å². The van der Waals surface area contributed by atoms with E-state index in [9.17, 15) is 9.18 Å².